The van der Waals surface area contributed by atoms with Crippen LogP contribution < -0.4 is 0 Å². The van der Waals surface area contributed by atoms with Crippen molar-refractivity contribution in [3.8, 4) is 5.75 Å². The first-order valence-electron chi connectivity index (χ1n) is 7.37. The van der Waals surface area contributed by atoms with Gasteiger partial charge in [0, 0.05) is 11.8 Å². The van der Waals surface area contributed by atoms with Crippen LogP contribution in [0.1, 0.15) is 41.8 Å². The summed E-state index contributed by atoms with van der Waals surface area (Å²) in [4.78, 5) is 21.4. The predicted octanol–water partition coefficient (Wildman–Crippen LogP) is 4.17. The fourth-order valence-corrected chi connectivity index (χ4v) is 2.21. The van der Waals surface area contributed by atoms with E-state index >= 15 is 0 Å². The highest BCUT2D eigenvalue weighted by molar-refractivity contribution is 5.99. The monoisotopic (exact) mass is 314 g/mol. The van der Waals surface area contributed by atoms with Gasteiger partial charge in [-0.3, -0.25) is 9.59 Å². The van der Waals surface area contributed by atoms with Crippen molar-refractivity contribution in [3.05, 3.63) is 47.8 Å². The molecule has 2 N–H and O–H groups in total. The first kappa shape index (κ1) is 16.5. The van der Waals surface area contributed by atoms with Gasteiger partial charge in [-0.1, -0.05) is 18.2 Å². The number of furan rings is 1. The summed E-state index contributed by atoms with van der Waals surface area (Å²) in [6.07, 6.45) is 10.5. The zero-order chi connectivity index (χ0) is 16.7. The molecule has 0 unspecified atom stereocenters. The van der Waals surface area contributed by atoms with Crippen LogP contribution in [0.2, 0.25) is 0 Å². The number of carboxylic acids is 1. The van der Waals surface area contributed by atoms with Gasteiger partial charge in [0.2, 0.25) is 0 Å². The Kier molecular flexibility index (Phi) is 5.74. The minimum Gasteiger partial charge on any atom is -0.507 e. The second-order valence-corrected chi connectivity index (χ2v) is 5.10. The lowest BCUT2D eigenvalue weighted by molar-refractivity contribution is -0.137. The summed E-state index contributed by atoms with van der Waals surface area (Å²) < 4.78 is 5.58. The van der Waals surface area contributed by atoms with Gasteiger partial charge in [0.15, 0.2) is 6.29 Å². The van der Waals surface area contributed by atoms with E-state index in [-0.39, 0.29) is 17.7 Å². The van der Waals surface area contributed by atoms with Crippen LogP contribution in [0.15, 0.2) is 40.8 Å². The molecule has 0 saturated carbocycles. The van der Waals surface area contributed by atoms with E-state index in [4.69, 9.17) is 9.52 Å². The number of phenolic OH excluding ortho intramolecular Hbond substituents is 1. The molecule has 5 heteroatoms. The van der Waals surface area contributed by atoms with E-state index in [1.807, 2.05) is 18.2 Å². The summed E-state index contributed by atoms with van der Waals surface area (Å²) in [6, 6.07) is 4.75. The number of hydrogen-bond acceptors (Lipinski definition) is 4. The highest BCUT2D eigenvalue weighted by Crippen LogP contribution is 2.28. The van der Waals surface area contributed by atoms with E-state index in [1.54, 1.807) is 18.2 Å². The van der Waals surface area contributed by atoms with Crippen LogP contribution in [-0.2, 0) is 4.79 Å². The maximum absolute atomic E-state index is 11.0. The predicted molar refractivity (Wildman–Crippen MR) is 87.5 cm³/mol. The van der Waals surface area contributed by atoms with Gasteiger partial charge in [-0.15, -0.1) is 0 Å². The van der Waals surface area contributed by atoms with Crippen LogP contribution in [0.3, 0.4) is 0 Å². The van der Waals surface area contributed by atoms with Gasteiger partial charge < -0.3 is 14.6 Å². The van der Waals surface area contributed by atoms with Crippen molar-refractivity contribution in [2.24, 2.45) is 0 Å². The van der Waals surface area contributed by atoms with Gasteiger partial charge in [-0.05, 0) is 43.5 Å². The SMILES string of the molecule is O=Cc1c(O)ccc2oc(/C=C/C=C/CCCCC(=O)O)cc12. The van der Waals surface area contributed by atoms with Gasteiger partial charge in [0.25, 0.3) is 0 Å². The second-order valence-electron chi connectivity index (χ2n) is 5.10. The number of unbranched alkanes of at least 4 members (excludes halogenated alkanes) is 2. The van der Waals surface area contributed by atoms with Crippen molar-refractivity contribution in [3.63, 3.8) is 0 Å². The molecule has 1 aromatic heterocycles. The van der Waals surface area contributed by atoms with Gasteiger partial charge in [-0.2, -0.15) is 0 Å². The Morgan fingerprint density at radius 3 is 2.78 bits per heavy atom. The van der Waals surface area contributed by atoms with Crippen LogP contribution in [0.25, 0.3) is 17.0 Å². The van der Waals surface area contributed by atoms with Crippen LogP contribution in [0, 0.1) is 0 Å². The lowest BCUT2D eigenvalue weighted by Gasteiger charge is -1.96. The van der Waals surface area contributed by atoms with Gasteiger partial charge >= 0.3 is 5.97 Å². The molecule has 120 valence electrons. The summed E-state index contributed by atoms with van der Waals surface area (Å²) >= 11 is 0. The van der Waals surface area contributed by atoms with Gasteiger partial charge in [-0.25, -0.2) is 0 Å². The standard InChI is InChI=1S/C18H18O5/c19-12-15-14-11-13(23-17(14)10-9-16(15)20)7-5-3-1-2-4-6-8-18(21)22/h1,3,5,7,9-12,20H,2,4,6,8H2,(H,21,22)/b3-1+,7-5+. The lowest BCUT2D eigenvalue weighted by atomic mass is 10.1. The Hall–Kier alpha value is -2.82. The van der Waals surface area contributed by atoms with Crippen molar-refractivity contribution in [2.45, 2.75) is 25.7 Å². The number of phenols is 1. The highest BCUT2D eigenvalue weighted by atomic mass is 16.4. The molecule has 0 aliphatic carbocycles. The van der Waals surface area contributed by atoms with Crippen molar-refractivity contribution in [2.75, 3.05) is 0 Å². The molecular formula is C18H18O5. The average molecular weight is 314 g/mol. The molecule has 2 rings (SSSR count). The zero-order valence-corrected chi connectivity index (χ0v) is 12.6. The number of allylic oxidation sites excluding steroid dienone is 3. The number of carbonyl (C=O) groups excluding carboxylic acids is 1. The van der Waals surface area contributed by atoms with Crippen molar-refractivity contribution in [1.82, 2.24) is 0 Å². The molecule has 1 heterocycles. The third-order valence-electron chi connectivity index (χ3n) is 3.38. The van der Waals surface area contributed by atoms with E-state index in [9.17, 15) is 14.7 Å². The summed E-state index contributed by atoms with van der Waals surface area (Å²) in [7, 11) is 0. The number of benzene rings is 1. The summed E-state index contributed by atoms with van der Waals surface area (Å²) in [5.74, 6) is -0.242. The van der Waals surface area contributed by atoms with Crippen LogP contribution in [-0.4, -0.2) is 22.5 Å². The largest absolute Gasteiger partial charge is 0.507 e. The maximum atomic E-state index is 11.0. The molecule has 0 spiro atoms. The molecule has 0 bridgehead atoms. The van der Waals surface area contributed by atoms with Gasteiger partial charge in [0.05, 0.1) is 5.56 Å². The van der Waals surface area contributed by atoms with Crippen LogP contribution in [0.5, 0.6) is 5.75 Å². The molecule has 0 aliphatic rings. The molecule has 0 atom stereocenters. The molecule has 5 nitrogen and oxygen atoms in total. The summed E-state index contributed by atoms with van der Waals surface area (Å²) in [6.45, 7) is 0. The van der Waals surface area contributed by atoms with Crippen molar-refractivity contribution in [1.29, 1.82) is 0 Å². The topological polar surface area (TPSA) is 87.7 Å². The van der Waals surface area contributed by atoms with Crippen molar-refractivity contribution >= 4 is 29.3 Å². The average Bonchev–Trinajstić information content (AvgIpc) is 2.92. The normalized spacial score (nSPS) is 11.7. The zero-order valence-electron chi connectivity index (χ0n) is 12.6. The number of hydrogen-bond donors (Lipinski definition) is 2. The second kappa shape index (κ2) is 7.98. The highest BCUT2D eigenvalue weighted by Gasteiger charge is 2.09. The third-order valence-corrected chi connectivity index (χ3v) is 3.38. The Bertz CT molecular complexity index is 752. The Morgan fingerprint density at radius 1 is 1.22 bits per heavy atom. The van der Waals surface area contributed by atoms with Gasteiger partial charge in [0.1, 0.15) is 17.1 Å². The number of aromatic hydroxyl groups is 1. The number of aliphatic carboxylic acids is 1. The molecule has 0 amide bonds. The first-order valence-corrected chi connectivity index (χ1v) is 7.37. The van der Waals surface area contributed by atoms with E-state index in [1.165, 1.54) is 6.07 Å². The van der Waals surface area contributed by atoms with E-state index < -0.39 is 5.97 Å². The minimum absolute atomic E-state index is 0.0647. The fraction of sp³-hybridized carbons (Fsp3) is 0.222. The van der Waals surface area contributed by atoms with E-state index in [2.05, 4.69) is 0 Å². The molecular weight excluding hydrogens is 296 g/mol. The smallest absolute Gasteiger partial charge is 0.303 e. The van der Waals surface area contributed by atoms with Crippen LogP contribution >= 0.6 is 0 Å². The minimum atomic E-state index is -0.764. The molecule has 0 fully saturated rings. The number of carboxylic acid groups (broad SMARTS) is 1. The van der Waals surface area contributed by atoms with E-state index in [0.717, 1.165) is 12.8 Å². The van der Waals surface area contributed by atoms with E-state index in [0.29, 0.717) is 29.4 Å². The number of aldehydes is 1. The molecule has 2 aromatic rings. The number of rotatable bonds is 8. The Morgan fingerprint density at radius 2 is 2.04 bits per heavy atom. The quantitative estimate of drug-likeness (QED) is 0.434. The molecule has 1 aromatic carbocycles. The molecule has 0 aliphatic heterocycles. The molecule has 0 saturated heterocycles. The molecule has 23 heavy (non-hydrogen) atoms. The summed E-state index contributed by atoms with van der Waals surface area (Å²) in [5.41, 5.74) is 0.766. The Labute approximate surface area is 133 Å². The maximum Gasteiger partial charge on any atom is 0.303 e. The summed E-state index contributed by atoms with van der Waals surface area (Å²) in [5, 5.41) is 18.7. The van der Waals surface area contributed by atoms with Crippen molar-refractivity contribution < 1.29 is 24.2 Å². The van der Waals surface area contributed by atoms with Crippen LogP contribution in [0.4, 0.5) is 0 Å². The fourth-order valence-electron chi connectivity index (χ4n) is 2.21. The molecule has 0 radical (unpaired) electrons. The first-order chi connectivity index (χ1) is 11.1. The lowest BCUT2D eigenvalue weighted by Crippen LogP contribution is -1.92. The Balaban J connectivity index is 1.94. The number of fused-ring (bicyclic) bond motifs is 1. The third kappa shape index (κ3) is 4.57. The number of carbonyl (C=O) groups is 2.